The van der Waals surface area contributed by atoms with Crippen molar-refractivity contribution < 1.29 is 29.0 Å². The maximum Gasteiger partial charge on any atom is 0.313 e. The summed E-state index contributed by atoms with van der Waals surface area (Å²) in [6, 6.07) is 10.5. The second-order valence-corrected chi connectivity index (χ2v) is 12.3. The molecule has 7 heteroatoms. The predicted molar refractivity (Wildman–Crippen MR) is 170 cm³/mol. The number of unbranched alkanes of at least 4 members (excludes halogenated alkanes) is 14. The van der Waals surface area contributed by atoms with E-state index in [0.29, 0.717) is 22.4 Å². The highest BCUT2D eigenvalue weighted by Gasteiger charge is 2.20. The lowest BCUT2D eigenvalue weighted by atomic mass is 9.98. The van der Waals surface area contributed by atoms with Crippen LogP contribution in [0.15, 0.2) is 41.8 Å². The standard InChI is InChI=1S/C35H52O6S/c1-3-4-5-6-7-8-9-10-11-12-13-14-15-16-17-20-33(37)40-26-31(36)27-41-35(39)28(2)29-21-23-30(24-22-29)34(38)32-19-18-25-42-32/h18-19,21-25,28,31,36H,3-17,20,26-27H2,1-2H3/t28?,31-/m0/s1. The molecule has 0 radical (unpaired) electrons. The van der Waals surface area contributed by atoms with Crippen LogP contribution >= 0.6 is 11.3 Å². The number of hydrogen-bond donors (Lipinski definition) is 1. The lowest BCUT2D eigenvalue weighted by molar-refractivity contribution is -0.153. The van der Waals surface area contributed by atoms with Crippen LogP contribution in [0.4, 0.5) is 0 Å². The largest absolute Gasteiger partial charge is 0.463 e. The first-order valence-electron chi connectivity index (χ1n) is 16.1. The fourth-order valence-electron chi connectivity index (χ4n) is 4.86. The van der Waals surface area contributed by atoms with Crippen molar-refractivity contribution in [1.29, 1.82) is 0 Å². The molecule has 0 bridgehead atoms. The number of ether oxygens (including phenoxy) is 2. The molecule has 0 aliphatic rings. The van der Waals surface area contributed by atoms with E-state index in [0.717, 1.165) is 19.3 Å². The zero-order valence-electron chi connectivity index (χ0n) is 25.8. The summed E-state index contributed by atoms with van der Waals surface area (Å²) in [5, 5.41) is 12.0. The first-order chi connectivity index (χ1) is 20.4. The Morgan fingerprint density at radius 3 is 1.79 bits per heavy atom. The fourth-order valence-corrected chi connectivity index (χ4v) is 5.55. The highest BCUT2D eigenvalue weighted by molar-refractivity contribution is 7.12. The van der Waals surface area contributed by atoms with Crippen molar-refractivity contribution >= 4 is 29.1 Å². The van der Waals surface area contributed by atoms with E-state index in [-0.39, 0.29) is 25.0 Å². The van der Waals surface area contributed by atoms with E-state index in [1.807, 2.05) is 11.4 Å². The van der Waals surface area contributed by atoms with Gasteiger partial charge in [-0.25, -0.2) is 0 Å². The van der Waals surface area contributed by atoms with Gasteiger partial charge in [0.1, 0.15) is 19.3 Å². The molecule has 2 rings (SSSR count). The van der Waals surface area contributed by atoms with Crippen LogP contribution in [0.3, 0.4) is 0 Å². The first-order valence-corrected chi connectivity index (χ1v) is 17.0. The van der Waals surface area contributed by atoms with Gasteiger partial charge >= 0.3 is 11.9 Å². The molecule has 2 atom stereocenters. The van der Waals surface area contributed by atoms with Crippen molar-refractivity contribution in [1.82, 2.24) is 0 Å². The van der Waals surface area contributed by atoms with Gasteiger partial charge in [-0.1, -0.05) is 127 Å². The highest BCUT2D eigenvalue weighted by Crippen LogP contribution is 2.21. The van der Waals surface area contributed by atoms with Gasteiger partial charge < -0.3 is 14.6 Å². The fraction of sp³-hybridized carbons (Fsp3) is 0.629. The molecule has 6 nitrogen and oxygen atoms in total. The average Bonchev–Trinajstić information content (AvgIpc) is 3.55. The minimum atomic E-state index is -1.07. The van der Waals surface area contributed by atoms with Crippen molar-refractivity contribution in [3.05, 3.63) is 57.8 Å². The summed E-state index contributed by atoms with van der Waals surface area (Å²) in [7, 11) is 0. The van der Waals surface area contributed by atoms with E-state index in [9.17, 15) is 19.5 Å². The summed E-state index contributed by atoms with van der Waals surface area (Å²) in [6.45, 7) is 3.53. The van der Waals surface area contributed by atoms with Crippen molar-refractivity contribution in [3.8, 4) is 0 Å². The average molecular weight is 601 g/mol. The molecule has 0 aliphatic heterocycles. The molecule has 0 amide bonds. The Morgan fingerprint density at radius 2 is 1.26 bits per heavy atom. The quantitative estimate of drug-likeness (QED) is 0.0736. The molecule has 2 aromatic rings. The van der Waals surface area contributed by atoms with Crippen LogP contribution < -0.4 is 0 Å². The van der Waals surface area contributed by atoms with Gasteiger partial charge in [0.05, 0.1) is 10.8 Å². The number of rotatable bonds is 24. The summed E-state index contributed by atoms with van der Waals surface area (Å²) < 4.78 is 10.4. The molecule has 0 spiro atoms. The first kappa shape index (κ1) is 35.7. The molecule has 1 unspecified atom stereocenters. The van der Waals surface area contributed by atoms with Crippen LogP contribution in [0, 0.1) is 0 Å². The van der Waals surface area contributed by atoms with Gasteiger partial charge in [0, 0.05) is 12.0 Å². The van der Waals surface area contributed by atoms with Gasteiger partial charge in [-0.05, 0) is 30.4 Å². The SMILES string of the molecule is CCCCCCCCCCCCCCCCCC(=O)OC[C@H](O)COC(=O)C(C)c1ccc(C(=O)c2cccs2)cc1. The number of hydrogen-bond acceptors (Lipinski definition) is 7. The number of ketones is 1. The number of esters is 2. The lowest BCUT2D eigenvalue weighted by Crippen LogP contribution is -2.26. The third-order valence-electron chi connectivity index (χ3n) is 7.61. The lowest BCUT2D eigenvalue weighted by Gasteiger charge is -2.15. The topological polar surface area (TPSA) is 89.9 Å². The van der Waals surface area contributed by atoms with E-state index < -0.39 is 18.0 Å². The number of carbonyl (C=O) groups excluding carboxylic acids is 3. The second-order valence-electron chi connectivity index (χ2n) is 11.3. The molecular weight excluding hydrogens is 548 g/mol. The minimum absolute atomic E-state index is 0.0518. The normalized spacial score (nSPS) is 12.5. The monoisotopic (exact) mass is 600 g/mol. The summed E-state index contributed by atoms with van der Waals surface area (Å²) in [4.78, 5) is 37.6. The number of thiophene rings is 1. The number of carbonyl (C=O) groups is 3. The molecule has 0 fully saturated rings. The van der Waals surface area contributed by atoms with E-state index in [1.165, 1.54) is 88.4 Å². The number of benzene rings is 1. The van der Waals surface area contributed by atoms with E-state index in [4.69, 9.17) is 9.47 Å². The molecule has 0 aliphatic carbocycles. The third kappa shape index (κ3) is 15.1. The molecule has 1 heterocycles. The maximum atomic E-state index is 12.5. The molecule has 234 valence electrons. The molecule has 1 aromatic heterocycles. The molecular formula is C35H52O6S. The van der Waals surface area contributed by atoms with Gasteiger partial charge in [0.2, 0.25) is 5.78 Å². The minimum Gasteiger partial charge on any atom is -0.463 e. The van der Waals surface area contributed by atoms with Crippen molar-refractivity contribution in [3.63, 3.8) is 0 Å². The molecule has 1 aromatic carbocycles. The third-order valence-corrected chi connectivity index (χ3v) is 8.48. The molecule has 1 N–H and O–H groups in total. The Balaban J connectivity index is 1.46. The van der Waals surface area contributed by atoms with Crippen molar-refractivity contribution in [2.24, 2.45) is 0 Å². The van der Waals surface area contributed by atoms with E-state index in [2.05, 4.69) is 6.92 Å². The Morgan fingerprint density at radius 1 is 0.738 bits per heavy atom. The van der Waals surface area contributed by atoms with Crippen LogP contribution in [-0.2, 0) is 19.1 Å². The predicted octanol–water partition coefficient (Wildman–Crippen LogP) is 8.79. The van der Waals surface area contributed by atoms with Crippen molar-refractivity contribution in [2.45, 2.75) is 129 Å². The van der Waals surface area contributed by atoms with Gasteiger partial charge in [-0.3, -0.25) is 14.4 Å². The van der Waals surface area contributed by atoms with Gasteiger partial charge in [-0.15, -0.1) is 11.3 Å². The Kier molecular flexibility index (Phi) is 18.8. The zero-order valence-corrected chi connectivity index (χ0v) is 26.6. The zero-order chi connectivity index (χ0) is 30.4. The van der Waals surface area contributed by atoms with Gasteiger partial charge in [0.15, 0.2) is 0 Å². The second kappa shape index (κ2) is 22.1. The van der Waals surface area contributed by atoms with E-state index in [1.54, 1.807) is 37.3 Å². The summed E-state index contributed by atoms with van der Waals surface area (Å²) in [6.07, 6.45) is 18.3. The van der Waals surface area contributed by atoms with Crippen LogP contribution in [0.5, 0.6) is 0 Å². The van der Waals surface area contributed by atoms with E-state index >= 15 is 0 Å². The maximum absolute atomic E-state index is 12.5. The van der Waals surface area contributed by atoms with Gasteiger partial charge in [0.25, 0.3) is 0 Å². The summed E-state index contributed by atoms with van der Waals surface area (Å²) in [5.41, 5.74) is 1.27. The number of aliphatic hydroxyl groups is 1. The van der Waals surface area contributed by atoms with Crippen LogP contribution in [0.25, 0.3) is 0 Å². The molecule has 42 heavy (non-hydrogen) atoms. The summed E-state index contributed by atoms with van der Waals surface area (Å²) in [5.74, 6) is -1.43. The smallest absolute Gasteiger partial charge is 0.313 e. The Bertz CT molecular complexity index is 1000. The Hall–Kier alpha value is -2.51. The van der Waals surface area contributed by atoms with Crippen LogP contribution in [-0.4, -0.2) is 42.1 Å². The van der Waals surface area contributed by atoms with Gasteiger partial charge in [-0.2, -0.15) is 0 Å². The highest BCUT2D eigenvalue weighted by atomic mass is 32.1. The van der Waals surface area contributed by atoms with Crippen LogP contribution in [0.1, 0.15) is 143 Å². The number of aliphatic hydroxyl groups excluding tert-OH is 1. The van der Waals surface area contributed by atoms with Crippen LogP contribution in [0.2, 0.25) is 0 Å². The molecule has 0 saturated carbocycles. The molecule has 0 saturated heterocycles. The Labute approximate surface area is 257 Å². The summed E-state index contributed by atoms with van der Waals surface area (Å²) >= 11 is 1.39. The van der Waals surface area contributed by atoms with Crippen molar-refractivity contribution in [2.75, 3.05) is 13.2 Å².